The maximum absolute atomic E-state index is 10.3. The Morgan fingerprint density at radius 1 is 1.78 bits per heavy atom. The predicted molar refractivity (Wildman–Crippen MR) is 33.4 cm³/mol. The van der Waals surface area contributed by atoms with Crippen LogP contribution < -0.4 is 0 Å². The molecule has 5 heteroatoms. The highest BCUT2D eigenvalue weighted by Crippen LogP contribution is 1.77. The molecule has 0 aromatic rings. The fourth-order valence-electron chi connectivity index (χ4n) is 0.293. The number of thiol groups is 1. The molecule has 0 amide bonds. The van der Waals surface area contributed by atoms with Gasteiger partial charge in [0.25, 0.3) is 0 Å². The van der Waals surface area contributed by atoms with Crippen LogP contribution >= 0.6 is 0 Å². The van der Waals surface area contributed by atoms with Crippen molar-refractivity contribution in [3.8, 4) is 0 Å². The number of carbonyl (C=O) groups is 1. The fourth-order valence-corrected chi connectivity index (χ4v) is 0.466. The Balaban J connectivity index is 3.38. The number of esters is 1. The molecule has 0 rings (SSSR count). The van der Waals surface area contributed by atoms with Crippen molar-refractivity contribution in [2.75, 3.05) is 13.2 Å². The van der Waals surface area contributed by atoms with Crippen LogP contribution in [0.15, 0.2) is 4.36 Å². The Labute approximate surface area is 56.5 Å². The van der Waals surface area contributed by atoms with Gasteiger partial charge in [-0.05, 0) is 6.92 Å². The molecule has 0 aliphatic heterocycles. The highest BCUT2D eigenvalue weighted by molar-refractivity contribution is 7.54. The van der Waals surface area contributed by atoms with Crippen molar-refractivity contribution >= 4 is 17.4 Å². The van der Waals surface area contributed by atoms with Gasteiger partial charge in [-0.25, -0.2) is 11.5 Å². The van der Waals surface area contributed by atoms with E-state index in [2.05, 4.69) is 9.10 Å². The summed E-state index contributed by atoms with van der Waals surface area (Å²) in [7, 11) is 0. The molecule has 0 radical (unpaired) electrons. The average molecular weight is 150 g/mol. The quantitative estimate of drug-likeness (QED) is 0.320. The summed E-state index contributed by atoms with van der Waals surface area (Å²) >= 11 is -0.370. The van der Waals surface area contributed by atoms with E-state index >= 15 is 0 Å². The predicted octanol–water partition coefficient (Wildman–Crippen LogP) is -0.106. The molecule has 4 nitrogen and oxygen atoms in total. The van der Waals surface area contributed by atoms with E-state index in [1.54, 1.807) is 6.92 Å². The topological polar surface area (TPSA) is 55.7 Å². The van der Waals surface area contributed by atoms with Crippen LogP contribution in [0.3, 0.4) is 0 Å². The first kappa shape index (κ1) is 8.42. The summed E-state index contributed by atoms with van der Waals surface area (Å²) in [5.41, 5.74) is 0. The number of rotatable bonds is 3. The van der Waals surface area contributed by atoms with Crippen LogP contribution in [0.1, 0.15) is 6.92 Å². The lowest BCUT2D eigenvalue weighted by Crippen LogP contribution is -2.06. The zero-order valence-electron chi connectivity index (χ0n) is 5.03. The van der Waals surface area contributed by atoms with E-state index in [1.165, 1.54) is 0 Å². The molecule has 54 valence electrons. The first-order valence-electron chi connectivity index (χ1n) is 2.46. The molecule has 0 saturated heterocycles. The van der Waals surface area contributed by atoms with Gasteiger partial charge in [0.15, 0.2) is 0 Å². The van der Waals surface area contributed by atoms with Crippen LogP contribution in [-0.2, 0) is 25.2 Å². The summed E-state index contributed by atoms with van der Waals surface area (Å²) in [6.07, 6.45) is 0. The van der Waals surface area contributed by atoms with Gasteiger partial charge in [0.1, 0.15) is 6.54 Å². The molecule has 0 bridgehead atoms. The van der Waals surface area contributed by atoms with E-state index in [0.717, 1.165) is 0 Å². The molecule has 0 aliphatic carbocycles. The minimum absolute atomic E-state index is 0.126. The fraction of sp³-hybridized carbons (Fsp3) is 0.750. The van der Waals surface area contributed by atoms with Crippen LogP contribution in [-0.4, -0.2) is 19.1 Å². The molecule has 0 aromatic heterocycles. The standard InChI is InChI=1S/C4H8NO3S/c1-2-8-4(6)3-5-9-7/h9H,2-3H2,1H3/q-1. The number of hydrogen-bond donors (Lipinski definition) is 0. The minimum atomic E-state index is -0.444. The van der Waals surface area contributed by atoms with Gasteiger partial charge in [0.05, 0.1) is 6.61 Å². The van der Waals surface area contributed by atoms with Gasteiger partial charge < -0.3 is 13.3 Å². The van der Waals surface area contributed by atoms with Gasteiger partial charge in [0.2, 0.25) is 0 Å². The molecular weight excluding hydrogens is 142 g/mol. The van der Waals surface area contributed by atoms with Crippen LogP contribution in [0.2, 0.25) is 0 Å². The largest absolute Gasteiger partial charge is 0.465 e. The van der Waals surface area contributed by atoms with Crippen molar-refractivity contribution < 1.29 is 13.7 Å². The normalized spacial score (nSPS) is 8.56. The van der Waals surface area contributed by atoms with Gasteiger partial charge in [-0.3, -0.25) is 4.79 Å². The van der Waals surface area contributed by atoms with Crippen molar-refractivity contribution in [1.82, 2.24) is 0 Å². The number of ether oxygens (including phenoxy) is 1. The first-order valence-corrected chi connectivity index (χ1v) is 3.22. The van der Waals surface area contributed by atoms with E-state index in [-0.39, 0.29) is 18.0 Å². The second kappa shape index (κ2) is 5.55. The van der Waals surface area contributed by atoms with Gasteiger partial charge in [-0.15, -0.1) is 0 Å². The van der Waals surface area contributed by atoms with Crippen molar-refractivity contribution in [3.63, 3.8) is 0 Å². The summed E-state index contributed by atoms with van der Waals surface area (Å²) in [6.45, 7) is 1.91. The molecule has 0 aliphatic rings. The molecule has 0 N–H and O–H groups in total. The highest BCUT2D eigenvalue weighted by Gasteiger charge is 1.93. The number of carbonyl (C=O) groups excluding carboxylic acids is 1. The Hall–Kier alpha value is -0.580. The Morgan fingerprint density at radius 2 is 2.44 bits per heavy atom. The Bertz CT molecular complexity index is 141. The highest BCUT2D eigenvalue weighted by atomic mass is 32.1. The lowest BCUT2D eigenvalue weighted by Gasteiger charge is -1.96. The van der Waals surface area contributed by atoms with E-state index in [9.17, 15) is 9.00 Å². The van der Waals surface area contributed by atoms with Crippen molar-refractivity contribution in [2.45, 2.75) is 6.92 Å². The Morgan fingerprint density at radius 3 is 2.89 bits per heavy atom. The summed E-state index contributed by atoms with van der Waals surface area (Å²) in [5.74, 6) is -0.444. The first-order chi connectivity index (χ1) is 4.31. The van der Waals surface area contributed by atoms with Gasteiger partial charge in [0, 0.05) is 0 Å². The second-order valence-electron chi connectivity index (χ2n) is 1.19. The molecule has 0 spiro atoms. The zero-order valence-corrected chi connectivity index (χ0v) is 5.93. The number of hydrogen-bond acceptors (Lipinski definition) is 5. The molecule has 0 fully saturated rings. The summed E-state index contributed by atoms with van der Waals surface area (Å²) in [5, 5.41) is 0. The summed E-state index contributed by atoms with van der Waals surface area (Å²) < 4.78 is 17.3. The van der Waals surface area contributed by atoms with Crippen LogP contribution in [0, 0.1) is 0 Å². The second-order valence-corrected chi connectivity index (χ2v) is 1.63. The molecule has 0 aromatic carbocycles. The van der Waals surface area contributed by atoms with Gasteiger partial charge >= 0.3 is 5.97 Å². The molecule has 0 heterocycles. The Kier molecular flexibility index (Phi) is 5.20. The van der Waals surface area contributed by atoms with E-state index in [0.29, 0.717) is 6.61 Å². The van der Waals surface area contributed by atoms with E-state index in [1.807, 2.05) is 0 Å². The SMILES string of the molecule is CCOC(=O)CN=[SH-]=O. The third kappa shape index (κ3) is 5.29. The zero-order chi connectivity index (χ0) is 7.11. The van der Waals surface area contributed by atoms with E-state index < -0.39 is 5.97 Å². The smallest absolute Gasteiger partial charge is 0.325 e. The van der Waals surface area contributed by atoms with Gasteiger partial charge in [-0.2, -0.15) is 0 Å². The lowest BCUT2D eigenvalue weighted by atomic mass is 10.7. The summed E-state index contributed by atoms with van der Waals surface area (Å²) in [6, 6.07) is 0. The molecule has 9 heavy (non-hydrogen) atoms. The average Bonchev–Trinajstić information content (AvgIpc) is 1.85. The van der Waals surface area contributed by atoms with Crippen molar-refractivity contribution in [3.05, 3.63) is 0 Å². The van der Waals surface area contributed by atoms with E-state index in [4.69, 9.17) is 0 Å². The number of nitrogens with zero attached hydrogens (tertiary/aromatic N) is 1. The monoisotopic (exact) mass is 150 g/mol. The molecule has 0 saturated carbocycles. The third-order valence-electron chi connectivity index (χ3n) is 0.563. The maximum Gasteiger partial charge on any atom is 0.325 e. The van der Waals surface area contributed by atoms with Crippen molar-refractivity contribution in [1.29, 1.82) is 0 Å². The van der Waals surface area contributed by atoms with Crippen LogP contribution in [0.4, 0.5) is 0 Å². The van der Waals surface area contributed by atoms with Gasteiger partial charge in [-0.1, -0.05) is 0 Å². The minimum Gasteiger partial charge on any atom is -0.465 e. The lowest BCUT2D eigenvalue weighted by molar-refractivity contribution is -0.141. The maximum atomic E-state index is 10.3. The summed E-state index contributed by atoms with van der Waals surface area (Å²) in [4.78, 5) is 10.3. The molecular formula is C4H8NO3S-. The molecule has 0 atom stereocenters. The third-order valence-corrected chi connectivity index (χ3v) is 0.820. The molecule has 0 unspecified atom stereocenters. The van der Waals surface area contributed by atoms with Crippen molar-refractivity contribution in [2.24, 2.45) is 4.36 Å². The van der Waals surface area contributed by atoms with Crippen LogP contribution in [0.5, 0.6) is 0 Å². The van der Waals surface area contributed by atoms with Crippen LogP contribution in [0.25, 0.3) is 0 Å².